The molecule has 0 amide bonds. The molecule has 2 N–H and O–H groups in total. The number of aryl methyl sites for hydroxylation is 1. The number of aromatic amines is 1. The Kier molecular flexibility index (Phi) is 5.87. The van der Waals surface area contributed by atoms with Crippen LogP contribution in [-0.2, 0) is 24.3 Å². The van der Waals surface area contributed by atoms with Gasteiger partial charge in [-0.1, -0.05) is 18.2 Å². The van der Waals surface area contributed by atoms with Gasteiger partial charge in [0.25, 0.3) is 0 Å². The molecule has 4 aromatic rings. The molecule has 30 heavy (non-hydrogen) atoms. The Balaban J connectivity index is 1.50. The third-order valence-electron chi connectivity index (χ3n) is 4.71. The molecule has 2 heterocycles. The normalized spacial score (nSPS) is 10.8. The Morgan fingerprint density at radius 2 is 2.03 bits per heavy atom. The summed E-state index contributed by atoms with van der Waals surface area (Å²) in [4.78, 5) is 18.5. The van der Waals surface area contributed by atoms with Crippen LogP contribution in [0.1, 0.15) is 17.8 Å². The highest BCUT2D eigenvalue weighted by Crippen LogP contribution is 2.20. The van der Waals surface area contributed by atoms with Crippen molar-refractivity contribution in [3.63, 3.8) is 0 Å². The van der Waals surface area contributed by atoms with E-state index in [-0.39, 0.29) is 12.2 Å². The van der Waals surface area contributed by atoms with Gasteiger partial charge in [-0.15, -0.1) is 0 Å². The van der Waals surface area contributed by atoms with Crippen molar-refractivity contribution in [2.75, 3.05) is 0 Å². The molecular formula is C22H19N3O4S. The lowest BCUT2D eigenvalue weighted by atomic mass is 10.2. The minimum Gasteiger partial charge on any atom is -0.448 e. The summed E-state index contributed by atoms with van der Waals surface area (Å²) in [5.74, 6) is 1.30. The van der Waals surface area contributed by atoms with E-state index in [1.807, 2.05) is 35.0 Å². The topological polar surface area (TPSA) is 97.2 Å². The summed E-state index contributed by atoms with van der Waals surface area (Å²) in [6.07, 6.45) is 4.41. The smallest absolute Gasteiger partial charge is 0.248 e. The second-order valence-electron chi connectivity index (χ2n) is 6.63. The van der Waals surface area contributed by atoms with Crippen molar-refractivity contribution in [3.05, 3.63) is 88.7 Å². The van der Waals surface area contributed by atoms with E-state index in [4.69, 9.17) is 4.74 Å². The maximum atomic E-state index is 11.6. The molecule has 0 spiro atoms. The first-order valence-corrected chi connectivity index (χ1v) is 10.1. The maximum Gasteiger partial charge on any atom is 0.248 e. The van der Waals surface area contributed by atoms with E-state index in [1.54, 1.807) is 30.5 Å². The van der Waals surface area contributed by atoms with E-state index in [9.17, 15) is 14.1 Å². The van der Waals surface area contributed by atoms with Crippen molar-refractivity contribution in [3.8, 4) is 11.4 Å². The first kappa shape index (κ1) is 19.8. The molecule has 7 nitrogen and oxygen atoms in total. The number of hydrogen-bond donors (Lipinski definition) is 2. The molecule has 0 fully saturated rings. The predicted molar refractivity (Wildman–Crippen MR) is 116 cm³/mol. The van der Waals surface area contributed by atoms with Crippen molar-refractivity contribution in [1.82, 2.24) is 14.5 Å². The number of aromatic nitrogens is 3. The van der Waals surface area contributed by atoms with Crippen LogP contribution in [0.2, 0.25) is 0 Å². The third-order valence-corrected chi connectivity index (χ3v) is 5.18. The number of H-pyrrole nitrogens is 1. The molecule has 0 unspecified atom stereocenters. The van der Waals surface area contributed by atoms with Gasteiger partial charge in [0.15, 0.2) is 5.05 Å². The largest absolute Gasteiger partial charge is 0.448 e. The summed E-state index contributed by atoms with van der Waals surface area (Å²) in [5.41, 5.74) is 2.19. The van der Waals surface area contributed by atoms with Crippen LogP contribution in [0.3, 0.4) is 0 Å². The van der Waals surface area contributed by atoms with E-state index in [0.29, 0.717) is 40.4 Å². The van der Waals surface area contributed by atoms with Crippen LogP contribution in [0.5, 0.6) is 5.75 Å². The van der Waals surface area contributed by atoms with Crippen LogP contribution in [0.4, 0.5) is 0 Å². The van der Waals surface area contributed by atoms with E-state index in [2.05, 4.69) is 9.97 Å². The van der Waals surface area contributed by atoms with Crippen LogP contribution in [-0.4, -0.2) is 28.9 Å². The fourth-order valence-electron chi connectivity index (χ4n) is 3.27. The average molecular weight is 421 g/mol. The minimum absolute atomic E-state index is 0.0715. The summed E-state index contributed by atoms with van der Waals surface area (Å²) in [5, 5.41) is 10.7. The van der Waals surface area contributed by atoms with Crippen LogP contribution in [0, 0.1) is 0 Å². The van der Waals surface area contributed by atoms with E-state index < -0.39 is 0 Å². The second-order valence-corrected chi connectivity index (χ2v) is 7.25. The molecule has 4 rings (SSSR count). The molecular weight excluding hydrogens is 402 g/mol. The SMILES string of the molecule is O=S=C(CCc1nccn1-c1ccccc1CO)Oc1ccc2[nH]c(=O)ccc2c1. The molecule has 152 valence electrons. The van der Waals surface area contributed by atoms with Gasteiger partial charge < -0.3 is 19.4 Å². The summed E-state index contributed by atoms with van der Waals surface area (Å²) in [6.45, 7) is -0.0715. The minimum atomic E-state index is -0.170. The molecule has 0 bridgehead atoms. The fraction of sp³-hybridized carbons (Fsp3) is 0.136. The first-order chi connectivity index (χ1) is 14.7. The standard InChI is InChI=1S/C22H19N3O4S/c26-14-16-3-1-2-4-19(16)25-12-11-23-20(25)8-10-22(30-28)29-17-6-7-18-15(13-17)5-9-21(27)24-18/h1-7,9,11-13,26H,8,10,14H2,(H,24,27). The highest BCUT2D eigenvalue weighted by molar-refractivity contribution is 7.66. The zero-order valence-electron chi connectivity index (χ0n) is 15.9. The molecule has 2 aromatic carbocycles. The molecule has 0 atom stereocenters. The summed E-state index contributed by atoms with van der Waals surface area (Å²) in [6, 6.07) is 16.0. The van der Waals surface area contributed by atoms with E-state index in [1.165, 1.54) is 6.07 Å². The first-order valence-electron chi connectivity index (χ1n) is 9.36. The summed E-state index contributed by atoms with van der Waals surface area (Å²) >= 11 is 0.313. The van der Waals surface area contributed by atoms with Gasteiger partial charge in [0.05, 0.1) is 12.3 Å². The predicted octanol–water partition coefficient (Wildman–Crippen LogP) is 2.56. The summed E-state index contributed by atoms with van der Waals surface area (Å²) < 4.78 is 19.3. The Morgan fingerprint density at radius 3 is 2.87 bits per heavy atom. The van der Waals surface area contributed by atoms with E-state index >= 15 is 0 Å². The van der Waals surface area contributed by atoms with Crippen LogP contribution in [0.25, 0.3) is 16.6 Å². The van der Waals surface area contributed by atoms with Gasteiger partial charge in [-0.25, -0.2) is 9.19 Å². The number of ether oxygens (including phenoxy) is 1. The molecule has 0 aliphatic rings. The number of aliphatic hydroxyl groups excluding tert-OH is 1. The Labute approximate surface area is 175 Å². The van der Waals surface area contributed by atoms with Crippen LogP contribution < -0.4 is 10.3 Å². The molecule has 0 saturated heterocycles. The van der Waals surface area contributed by atoms with Gasteiger partial charge in [0.2, 0.25) is 5.56 Å². The van der Waals surface area contributed by atoms with Crippen molar-refractivity contribution in [2.24, 2.45) is 0 Å². The molecule has 2 aromatic heterocycles. The average Bonchev–Trinajstić information content (AvgIpc) is 3.25. The molecule has 0 aliphatic carbocycles. The Bertz CT molecular complexity index is 1300. The zero-order valence-corrected chi connectivity index (χ0v) is 16.8. The lowest BCUT2D eigenvalue weighted by Crippen LogP contribution is -2.12. The highest BCUT2D eigenvalue weighted by atomic mass is 32.1. The lowest BCUT2D eigenvalue weighted by molar-refractivity contribution is 0.281. The van der Waals surface area contributed by atoms with Crippen LogP contribution >= 0.6 is 0 Å². The summed E-state index contributed by atoms with van der Waals surface area (Å²) in [7, 11) is 0. The number of nitrogens with one attached hydrogen (secondary N) is 1. The molecule has 0 radical (unpaired) electrons. The quantitative estimate of drug-likeness (QED) is 0.467. The number of rotatable bonds is 6. The van der Waals surface area contributed by atoms with Crippen molar-refractivity contribution >= 4 is 27.2 Å². The number of fused-ring (bicyclic) bond motifs is 1. The van der Waals surface area contributed by atoms with E-state index in [0.717, 1.165) is 22.5 Å². The van der Waals surface area contributed by atoms with Crippen molar-refractivity contribution < 1.29 is 14.1 Å². The van der Waals surface area contributed by atoms with Crippen molar-refractivity contribution in [2.45, 2.75) is 19.4 Å². The highest BCUT2D eigenvalue weighted by Gasteiger charge is 2.11. The number of nitrogens with zero attached hydrogens (tertiary/aromatic N) is 2. The number of benzene rings is 2. The number of hydrogen-bond acceptors (Lipinski definition) is 5. The van der Waals surface area contributed by atoms with Gasteiger partial charge in [0, 0.05) is 47.8 Å². The number of para-hydroxylation sites is 1. The fourth-order valence-corrected chi connectivity index (χ4v) is 3.58. The van der Waals surface area contributed by atoms with Crippen LogP contribution in [0.15, 0.2) is 71.8 Å². The number of aliphatic hydroxyl groups is 1. The second kappa shape index (κ2) is 8.89. The van der Waals surface area contributed by atoms with Gasteiger partial charge in [-0.3, -0.25) is 4.79 Å². The van der Waals surface area contributed by atoms with Gasteiger partial charge >= 0.3 is 0 Å². The van der Waals surface area contributed by atoms with Crippen molar-refractivity contribution in [1.29, 1.82) is 0 Å². The Morgan fingerprint density at radius 1 is 1.17 bits per heavy atom. The molecule has 0 saturated carbocycles. The third kappa shape index (κ3) is 4.24. The van der Waals surface area contributed by atoms with Gasteiger partial charge in [-0.05, 0) is 30.3 Å². The number of pyridine rings is 1. The zero-order chi connectivity index (χ0) is 20.9. The molecule has 0 aliphatic heterocycles. The van der Waals surface area contributed by atoms with Gasteiger partial charge in [-0.2, -0.15) is 0 Å². The number of imidazole rings is 1. The monoisotopic (exact) mass is 421 g/mol. The van der Waals surface area contributed by atoms with Gasteiger partial charge in [0.1, 0.15) is 22.8 Å². The maximum absolute atomic E-state index is 11.6. The Hall–Kier alpha value is -3.49. The lowest BCUT2D eigenvalue weighted by Gasteiger charge is -2.12. The molecule has 8 heteroatoms.